The molecule has 0 bridgehead atoms. The van der Waals surface area contributed by atoms with Crippen LogP contribution in [0.4, 0.5) is 0 Å². The van der Waals surface area contributed by atoms with Gasteiger partial charge in [-0.1, -0.05) is 0 Å². The molecule has 3 nitrogen and oxygen atoms in total. The van der Waals surface area contributed by atoms with E-state index in [1.165, 1.54) is 11.8 Å². The zero-order valence-corrected chi connectivity index (χ0v) is 6.57. The molecule has 0 fully saturated rings. The maximum atomic E-state index is 8.51. The highest BCUT2D eigenvalue weighted by atomic mass is 32.2. The zero-order valence-electron chi connectivity index (χ0n) is 5.75. The van der Waals surface area contributed by atoms with Crippen LogP contribution in [0.5, 0.6) is 0 Å². The summed E-state index contributed by atoms with van der Waals surface area (Å²) in [5.74, 6) is 0. The Bertz CT molecular complexity index is 271. The van der Waals surface area contributed by atoms with E-state index >= 15 is 0 Å². The van der Waals surface area contributed by atoms with Crippen LogP contribution < -0.4 is 0 Å². The summed E-state index contributed by atoms with van der Waals surface area (Å²) >= 11 is 1.50. The van der Waals surface area contributed by atoms with E-state index in [0.29, 0.717) is 5.56 Å². The largest absolute Gasteiger partial charge is 0.260 e. The van der Waals surface area contributed by atoms with Crippen molar-refractivity contribution in [1.29, 1.82) is 5.26 Å². The number of thioether (sulfide) groups is 1. The van der Waals surface area contributed by atoms with Gasteiger partial charge in [0, 0.05) is 7.05 Å². The van der Waals surface area contributed by atoms with Gasteiger partial charge in [-0.15, -0.1) is 11.8 Å². The molecular formula is C6H6N3S. The third kappa shape index (κ3) is 1.00. The fourth-order valence-corrected chi connectivity index (χ4v) is 1.29. The van der Waals surface area contributed by atoms with Crippen LogP contribution in [-0.4, -0.2) is 16.0 Å². The molecule has 4 heteroatoms. The van der Waals surface area contributed by atoms with Gasteiger partial charge in [0.1, 0.15) is 22.9 Å². The molecule has 0 aromatic carbocycles. The van der Waals surface area contributed by atoms with Crippen molar-refractivity contribution >= 4 is 11.8 Å². The molecule has 0 aliphatic rings. The summed E-state index contributed by atoms with van der Waals surface area (Å²) in [5.41, 5.74) is 0.523. The maximum Gasteiger partial charge on any atom is 0.133 e. The van der Waals surface area contributed by atoms with E-state index in [2.05, 4.69) is 11.3 Å². The van der Waals surface area contributed by atoms with Crippen LogP contribution in [0.15, 0.2) is 5.03 Å². The van der Waals surface area contributed by atoms with Gasteiger partial charge in [0.2, 0.25) is 0 Å². The number of rotatable bonds is 1. The molecule has 0 unspecified atom stereocenters. The monoisotopic (exact) mass is 152 g/mol. The van der Waals surface area contributed by atoms with Gasteiger partial charge in [0.15, 0.2) is 0 Å². The highest BCUT2D eigenvalue weighted by Crippen LogP contribution is 2.16. The molecule has 10 heavy (non-hydrogen) atoms. The highest BCUT2D eigenvalue weighted by molar-refractivity contribution is 7.98. The van der Waals surface area contributed by atoms with Crippen LogP contribution in [0.2, 0.25) is 0 Å². The van der Waals surface area contributed by atoms with Crippen molar-refractivity contribution in [2.24, 2.45) is 7.05 Å². The lowest BCUT2D eigenvalue weighted by Gasteiger charge is -1.94. The summed E-state index contributed by atoms with van der Waals surface area (Å²) < 4.78 is 1.64. The molecule has 0 spiro atoms. The van der Waals surface area contributed by atoms with Gasteiger partial charge in [0.05, 0.1) is 0 Å². The molecule has 0 saturated heterocycles. The van der Waals surface area contributed by atoms with E-state index in [1.807, 2.05) is 12.3 Å². The molecule has 0 aliphatic carbocycles. The Balaban J connectivity index is 3.16. The smallest absolute Gasteiger partial charge is 0.133 e. The minimum Gasteiger partial charge on any atom is -0.260 e. The summed E-state index contributed by atoms with van der Waals surface area (Å²) in [6.07, 6.45) is 4.51. The van der Waals surface area contributed by atoms with Crippen molar-refractivity contribution in [3.63, 3.8) is 0 Å². The second kappa shape index (κ2) is 2.76. The predicted molar refractivity (Wildman–Crippen MR) is 38.5 cm³/mol. The van der Waals surface area contributed by atoms with Crippen molar-refractivity contribution in [3.05, 3.63) is 11.8 Å². The number of hydrogen-bond acceptors (Lipinski definition) is 3. The number of aromatic nitrogens is 2. The Labute approximate surface area is 63.6 Å². The summed E-state index contributed by atoms with van der Waals surface area (Å²) in [6.45, 7) is 0. The summed E-state index contributed by atoms with van der Waals surface area (Å²) in [4.78, 5) is 0. The second-order valence-electron chi connectivity index (χ2n) is 1.73. The number of hydrogen-bond donors (Lipinski definition) is 0. The molecule has 1 heterocycles. The Morgan fingerprint density at radius 2 is 2.50 bits per heavy atom. The Morgan fingerprint density at radius 3 is 2.90 bits per heavy atom. The third-order valence-corrected chi connectivity index (χ3v) is 1.98. The van der Waals surface area contributed by atoms with E-state index in [4.69, 9.17) is 5.26 Å². The maximum absolute atomic E-state index is 8.51. The molecule has 0 aliphatic heterocycles. The van der Waals surface area contributed by atoms with Gasteiger partial charge in [-0.3, -0.25) is 4.68 Å². The molecule has 1 aromatic heterocycles. The molecular weight excluding hydrogens is 146 g/mol. The van der Waals surface area contributed by atoms with Crippen LogP contribution in [-0.2, 0) is 7.05 Å². The lowest BCUT2D eigenvalue weighted by Crippen LogP contribution is -1.91. The summed E-state index contributed by atoms with van der Waals surface area (Å²) in [7, 11) is 1.79. The van der Waals surface area contributed by atoms with Crippen molar-refractivity contribution in [2.75, 3.05) is 6.26 Å². The van der Waals surface area contributed by atoms with Crippen molar-refractivity contribution in [1.82, 2.24) is 9.78 Å². The van der Waals surface area contributed by atoms with Crippen molar-refractivity contribution in [3.8, 4) is 6.07 Å². The first-order valence-electron chi connectivity index (χ1n) is 2.68. The van der Waals surface area contributed by atoms with Crippen LogP contribution in [0, 0.1) is 17.5 Å². The predicted octanol–water partition coefficient (Wildman–Crippen LogP) is 0.814. The summed E-state index contributed by atoms with van der Waals surface area (Å²) in [5, 5.41) is 13.2. The first-order chi connectivity index (χ1) is 4.79. The SMILES string of the molecule is CSc1c(C#N)[c]nn1C. The molecule has 0 saturated carbocycles. The molecule has 1 aromatic rings. The zero-order chi connectivity index (χ0) is 7.56. The molecule has 0 atom stereocenters. The van der Waals surface area contributed by atoms with Crippen LogP contribution in [0.1, 0.15) is 5.56 Å². The average molecular weight is 152 g/mol. The lowest BCUT2D eigenvalue weighted by atomic mass is 10.4. The summed E-state index contributed by atoms with van der Waals surface area (Å²) in [6, 6.07) is 2.01. The normalized spacial score (nSPS) is 9.30. The number of nitriles is 1. The van der Waals surface area contributed by atoms with Crippen molar-refractivity contribution < 1.29 is 0 Å². The second-order valence-corrected chi connectivity index (χ2v) is 2.53. The quantitative estimate of drug-likeness (QED) is 0.559. The van der Waals surface area contributed by atoms with E-state index in [9.17, 15) is 0 Å². The fraction of sp³-hybridized carbons (Fsp3) is 0.333. The number of nitrogens with zero attached hydrogens (tertiary/aromatic N) is 3. The van der Waals surface area contributed by atoms with E-state index in [1.54, 1.807) is 11.7 Å². The van der Waals surface area contributed by atoms with Crippen LogP contribution in [0.3, 0.4) is 0 Å². The minimum absolute atomic E-state index is 0.523. The Hall–Kier alpha value is -0.950. The molecule has 0 N–H and O–H groups in total. The Kier molecular flexibility index (Phi) is 1.97. The fourth-order valence-electron chi connectivity index (χ4n) is 0.687. The topological polar surface area (TPSA) is 41.6 Å². The van der Waals surface area contributed by atoms with E-state index in [0.717, 1.165) is 5.03 Å². The van der Waals surface area contributed by atoms with Crippen molar-refractivity contribution in [2.45, 2.75) is 5.03 Å². The van der Waals surface area contributed by atoms with Crippen LogP contribution >= 0.6 is 11.8 Å². The molecule has 51 valence electrons. The molecule has 1 rings (SSSR count). The first-order valence-corrected chi connectivity index (χ1v) is 3.91. The minimum atomic E-state index is 0.523. The first kappa shape index (κ1) is 7.16. The average Bonchev–Trinajstić information content (AvgIpc) is 2.30. The third-order valence-electron chi connectivity index (χ3n) is 1.12. The Morgan fingerprint density at radius 1 is 1.80 bits per heavy atom. The van der Waals surface area contributed by atoms with Gasteiger partial charge in [-0.2, -0.15) is 10.4 Å². The lowest BCUT2D eigenvalue weighted by molar-refractivity contribution is 0.697. The number of aryl methyl sites for hydroxylation is 1. The standard InChI is InChI=1S/C6H6N3S/c1-9-6(10-2)5(3-7)4-8-9/h1-2H3. The van der Waals surface area contributed by atoms with E-state index in [-0.39, 0.29) is 0 Å². The van der Waals surface area contributed by atoms with Crippen LogP contribution in [0.25, 0.3) is 0 Å². The molecule has 1 radical (unpaired) electrons. The van der Waals surface area contributed by atoms with Gasteiger partial charge in [-0.25, -0.2) is 0 Å². The molecule has 0 amide bonds. The van der Waals surface area contributed by atoms with Gasteiger partial charge >= 0.3 is 0 Å². The van der Waals surface area contributed by atoms with E-state index < -0.39 is 0 Å². The highest BCUT2D eigenvalue weighted by Gasteiger charge is 2.05. The van der Waals surface area contributed by atoms with Gasteiger partial charge < -0.3 is 0 Å². The van der Waals surface area contributed by atoms with Gasteiger partial charge in [0.25, 0.3) is 0 Å². The van der Waals surface area contributed by atoms with Gasteiger partial charge in [-0.05, 0) is 6.26 Å².